The van der Waals surface area contributed by atoms with Gasteiger partial charge in [-0.15, -0.1) is 0 Å². The molecule has 18 heavy (non-hydrogen) atoms. The van der Waals surface area contributed by atoms with Crippen molar-refractivity contribution in [3.8, 4) is 11.3 Å². The summed E-state index contributed by atoms with van der Waals surface area (Å²) in [5.74, 6) is 1.45. The van der Waals surface area contributed by atoms with Gasteiger partial charge in [0.25, 0.3) is 0 Å². The summed E-state index contributed by atoms with van der Waals surface area (Å²) < 4.78 is 7.47. The van der Waals surface area contributed by atoms with Crippen molar-refractivity contribution in [1.82, 2.24) is 24.9 Å². The van der Waals surface area contributed by atoms with Crippen LogP contribution in [-0.2, 0) is 6.42 Å². The molecule has 6 nitrogen and oxygen atoms in total. The summed E-state index contributed by atoms with van der Waals surface area (Å²) in [4.78, 5) is 8.35. The van der Waals surface area contributed by atoms with Gasteiger partial charge in [0.2, 0.25) is 0 Å². The Morgan fingerprint density at radius 1 is 1.33 bits per heavy atom. The van der Waals surface area contributed by atoms with Gasteiger partial charge >= 0.3 is 0 Å². The number of nitrogens with one attached hydrogen (secondary N) is 1. The van der Waals surface area contributed by atoms with E-state index in [4.69, 9.17) is 4.42 Å². The van der Waals surface area contributed by atoms with E-state index in [0.29, 0.717) is 0 Å². The van der Waals surface area contributed by atoms with Gasteiger partial charge in [-0.05, 0) is 7.05 Å². The summed E-state index contributed by atoms with van der Waals surface area (Å²) >= 11 is 0. The van der Waals surface area contributed by atoms with Crippen molar-refractivity contribution < 1.29 is 4.42 Å². The van der Waals surface area contributed by atoms with Crippen molar-refractivity contribution in [3.63, 3.8) is 0 Å². The third-order valence-corrected chi connectivity index (χ3v) is 2.73. The maximum absolute atomic E-state index is 5.71. The molecular formula is C12H13N5O. The zero-order chi connectivity index (χ0) is 12.4. The van der Waals surface area contributed by atoms with Gasteiger partial charge in [0.05, 0.1) is 29.7 Å². The fourth-order valence-electron chi connectivity index (χ4n) is 1.81. The molecule has 0 saturated heterocycles. The molecule has 0 atom stereocenters. The summed E-state index contributed by atoms with van der Waals surface area (Å²) in [6.45, 7) is 0.844. The van der Waals surface area contributed by atoms with Crippen molar-refractivity contribution in [2.24, 2.45) is 0 Å². The number of hydrogen-bond acceptors (Lipinski definition) is 5. The van der Waals surface area contributed by atoms with Crippen LogP contribution in [0, 0.1) is 0 Å². The average Bonchev–Trinajstić information content (AvgIpc) is 3.02. The fraction of sp³-hybridized carbons (Fsp3) is 0.250. The van der Waals surface area contributed by atoms with Gasteiger partial charge < -0.3 is 9.73 Å². The molecule has 0 bridgehead atoms. The van der Waals surface area contributed by atoms with Gasteiger partial charge in [0.1, 0.15) is 0 Å². The molecule has 3 rings (SSSR count). The van der Waals surface area contributed by atoms with Gasteiger partial charge in [-0.2, -0.15) is 5.10 Å². The molecule has 0 aromatic carbocycles. The first-order chi connectivity index (χ1) is 8.88. The van der Waals surface area contributed by atoms with Crippen LogP contribution in [0.1, 0.15) is 5.89 Å². The fourth-order valence-corrected chi connectivity index (χ4v) is 1.81. The lowest BCUT2D eigenvalue weighted by atomic mass is 10.2. The monoisotopic (exact) mass is 243 g/mol. The molecular weight excluding hydrogens is 230 g/mol. The lowest BCUT2D eigenvalue weighted by molar-refractivity contribution is 0.501. The van der Waals surface area contributed by atoms with E-state index in [1.807, 2.05) is 7.05 Å². The molecule has 0 amide bonds. The number of oxazole rings is 1. The summed E-state index contributed by atoms with van der Waals surface area (Å²) in [5.41, 5.74) is 1.82. The molecule has 0 aliphatic rings. The highest BCUT2D eigenvalue weighted by molar-refractivity contribution is 5.75. The second kappa shape index (κ2) is 4.58. The van der Waals surface area contributed by atoms with Crippen LogP contribution in [0.25, 0.3) is 16.8 Å². The SMILES string of the molecule is CNCCc1ncc(-c2cnn3ccncc23)o1. The molecule has 0 unspecified atom stereocenters. The van der Waals surface area contributed by atoms with Gasteiger partial charge in [0.15, 0.2) is 11.7 Å². The zero-order valence-corrected chi connectivity index (χ0v) is 10.00. The van der Waals surface area contributed by atoms with Crippen molar-refractivity contribution in [2.75, 3.05) is 13.6 Å². The van der Waals surface area contributed by atoms with Crippen LogP contribution in [0.4, 0.5) is 0 Å². The summed E-state index contributed by atoms with van der Waals surface area (Å²) in [7, 11) is 1.90. The summed E-state index contributed by atoms with van der Waals surface area (Å²) in [6, 6.07) is 0. The van der Waals surface area contributed by atoms with Crippen LogP contribution in [-0.4, -0.2) is 33.2 Å². The Hall–Kier alpha value is -2.21. The minimum absolute atomic E-state index is 0.725. The van der Waals surface area contributed by atoms with E-state index in [2.05, 4.69) is 20.4 Å². The predicted molar refractivity (Wildman–Crippen MR) is 66.1 cm³/mol. The highest BCUT2D eigenvalue weighted by Crippen LogP contribution is 2.24. The molecule has 0 spiro atoms. The summed E-state index contributed by atoms with van der Waals surface area (Å²) in [6.07, 6.45) is 9.53. The Morgan fingerprint density at radius 2 is 2.28 bits per heavy atom. The number of hydrogen-bond donors (Lipinski definition) is 1. The standard InChI is InChI=1S/C12H13N5O/c1-13-3-2-12-15-8-11(18-12)9-6-16-17-5-4-14-7-10(9)17/h4-8,13H,2-3H2,1H3. The Labute approximate surface area is 104 Å². The Balaban J connectivity index is 1.96. The lowest BCUT2D eigenvalue weighted by Gasteiger charge is -1.95. The van der Waals surface area contributed by atoms with E-state index in [1.165, 1.54) is 0 Å². The van der Waals surface area contributed by atoms with Gasteiger partial charge in [-0.1, -0.05) is 0 Å². The third kappa shape index (κ3) is 1.86. The van der Waals surface area contributed by atoms with Crippen molar-refractivity contribution in [3.05, 3.63) is 36.9 Å². The summed E-state index contributed by atoms with van der Waals surface area (Å²) in [5, 5.41) is 7.31. The largest absolute Gasteiger partial charge is 0.441 e. The molecule has 0 aliphatic heterocycles. The van der Waals surface area contributed by atoms with E-state index in [1.54, 1.807) is 35.5 Å². The number of aromatic nitrogens is 4. The van der Waals surface area contributed by atoms with Gasteiger partial charge in [-0.25, -0.2) is 9.50 Å². The second-order valence-electron chi connectivity index (χ2n) is 3.94. The number of likely N-dealkylation sites (N-methyl/N-ethyl adjacent to an activating group) is 1. The zero-order valence-electron chi connectivity index (χ0n) is 10.00. The normalized spacial score (nSPS) is 11.2. The van der Waals surface area contributed by atoms with Crippen LogP contribution >= 0.6 is 0 Å². The number of nitrogens with zero attached hydrogens (tertiary/aromatic N) is 4. The highest BCUT2D eigenvalue weighted by atomic mass is 16.4. The molecule has 0 radical (unpaired) electrons. The average molecular weight is 243 g/mol. The van der Waals surface area contributed by atoms with Crippen molar-refractivity contribution in [2.45, 2.75) is 6.42 Å². The molecule has 0 saturated carbocycles. The quantitative estimate of drug-likeness (QED) is 0.744. The topological polar surface area (TPSA) is 68.2 Å². The van der Waals surface area contributed by atoms with Crippen LogP contribution < -0.4 is 5.32 Å². The minimum atomic E-state index is 0.725. The minimum Gasteiger partial charge on any atom is -0.441 e. The third-order valence-electron chi connectivity index (χ3n) is 2.73. The number of fused-ring (bicyclic) bond motifs is 1. The predicted octanol–water partition coefficient (Wildman–Crippen LogP) is 1.15. The van der Waals surface area contributed by atoms with Gasteiger partial charge in [-0.3, -0.25) is 4.98 Å². The lowest BCUT2D eigenvalue weighted by Crippen LogP contribution is -2.10. The molecule has 3 aromatic heterocycles. The van der Waals surface area contributed by atoms with E-state index >= 15 is 0 Å². The van der Waals surface area contributed by atoms with E-state index in [-0.39, 0.29) is 0 Å². The van der Waals surface area contributed by atoms with E-state index in [0.717, 1.165) is 35.7 Å². The van der Waals surface area contributed by atoms with Crippen LogP contribution in [0.2, 0.25) is 0 Å². The van der Waals surface area contributed by atoms with E-state index < -0.39 is 0 Å². The van der Waals surface area contributed by atoms with Crippen molar-refractivity contribution >= 4 is 5.52 Å². The molecule has 6 heteroatoms. The first kappa shape index (κ1) is 10.9. The van der Waals surface area contributed by atoms with Crippen LogP contribution in [0.15, 0.2) is 35.4 Å². The van der Waals surface area contributed by atoms with Gasteiger partial charge in [0, 0.05) is 25.4 Å². The first-order valence-corrected chi connectivity index (χ1v) is 5.75. The molecule has 92 valence electrons. The van der Waals surface area contributed by atoms with Crippen LogP contribution in [0.5, 0.6) is 0 Å². The highest BCUT2D eigenvalue weighted by Gasteiger charge is 2.11. The molecule has 3 heterocycles. The maximum Gasteiger partial charge on any atom is 0.196 e. The second-order valence-corrected chi connectivity index (χ2v) is 3.94. The van der Waals surface area contributed by atoms with Crippen molar-refractivity contribution in [1.29, 1.82) is 0 Å². The molecule has 1 N–H and O–H groups in total. The first-order valence-electron chi connectivity index (χ1n) is 5.75. The number of rotatable bonds is 4. The molecule has 0 fully saturated rings. The van der Waals surface area contributed by atoms with Crippen LogP contribution in [0.3, 0.4) is 0 Å². The Kier molecular flexibility index (Phi) is 2.77. The maximum atomic E-state index is 5.71. The Morgan fingerprint density at radius 3 is 3.17 bits per heavy atom. The smallest absolute Gasteiger partial charge is 0.196 e. The molecule has 0 aliphatic carbocycles. The molecule has 3 aromatic rings. The Bertz CT molecular complexity index is 657. The van der Waals surface area contributed by atoms with E-state index in [9.17, 15) is 0 Å².